The first kappa shape index (κ1) is 14.1. The average Bonchev–Trinajstić information content (AvgIpc) is 2.96. The van der Waals surface area contributed by atoms with Gasteiger partial charge in [0.25, 0.3) is 0 Å². The van der Waals surface area contributed by atoms with Crippen LogP contribution in [0.2, 0.25) is 0 Å². The van der Waals surface area contributed by atoms with E-state index in [2.05, 4.69) is 15.2 Å². The van der Waals surface area contributed by atoms with Gasteiger partial charge in [0.2, 0.25) is 5.91 Å². The van der Waals surface area contributed by atoms with Crippen molar-refractivity contribution in [2.24, 2.45) is 11.7 Å². The van der Waals surface area contributed by atoms with E-state index in [1.165, 1.54) is 19.3 Å². The fourth-order valence-corrected chi connectivity index (χ4v) is 2.93. The largest absolute Gasteiger partial charge is 0.357 e. The van der Waals surface area contributed by atoms with Crippen molar-refractivity contribution in [3.05, 3.63) is 30.5 Å². The molecule has 5 nitrogen and oxygen atoms in total. The van der Waals surface area contributed by atoms with Crippen LogP contribution in [-0.2, 0) is 4.79 Å². The molecule has 2 heterocycles. The maximum Gasteiger partial charge on any atom is 0.231 e. The molecule has 1 aromatic rings. The van der Waals surface area contributed by atoms with Crippen LogP contribution in [-0.4, -0.2) is 30.0 Å². The average molecular weight is 286 g/mol. The molecule has 0 bridgehead atoms. The normalized spacial score (nSPS) is 25.1. The van der Waals surface area contributed by atoms with E-state index in [4.69, 9.17) is 5.73 Å². The second-order valence-electron chi connectivity index (χ2n) is 5.83. The summed E-state index contributed by atoms with van der Waals surface area (Å²) in [6, 6.07) is 3.91. The number of hydrogen-bond acceptors (Lipinski definition) is 4. The Hall–Kier alpha value is -1.88. The Morgan fingerprint density at radius 3 is 2.67 bits per heavy atom. The van der Waals surface area contributed by atoms with Crippen LogP contribution in [0.5, 0.6) is 0 Å². The van der Waals surface area contributed by atoms with Crippen LogP contribution in [0.4, 0.5) is 11.5 Å². The number of carbonyl (C=O) groups excluding carboxylic acids is 1. The fraction of sp³-hybridized carbons (Fsp3) is 0.500. The second-order valence-corrected chi connectivity index (χ2v) is 5.83. The quantitative estimate of drug-likeness (QED) is 0.833. The van der Waals surface area contributed by atoms with Gasteiger partial charge in [0.15, 0.2) is 0 Å². The maximum absolute atomic E-state index is 12.1. The van der Waals surface area contributed by atoms with Crippen molar-refractivity contribution in [2.45, 2.75) is 31.7 Å². The Kier molecular flexibility index (Phi) is 4.20. The van der Waals surface area contributed by atoms with Crippen LogP contribution < -0.4 is 16.0 Å². The number of hydrogen-bond donors (Lipinski definition) is 2. The number of pyridine rings is 1. The third-order valence-corrected chi connectivity index (χ3v) is 4.15. The van der Waals surface area contributed by atoms with Crippen molar-refractivity contribution in [3.8, 4) is 0 Å². The lowest BCUT2D eigenvalue weighted by Crippen LogP contribution is -2.30. The van der Waals surface area contributed by atoms with E-state index in [-0.39, 0.29) is 17.9 Å². The molecule has 1 saturated heterocycles. The molecule has 2 aliphatic rings. The van der Waals surface area contributed by atoms with Gasteiger partial charge in [-0.2, -0.15) is 0 Å². The molecule has 0 aromatic carbocycles. The van der Waals surface area contributed by atoms with Gasteiger partial charge in [-0.1, -0.05) is 12.2 Å². The molecule has 1 aliphatic carbocycles. The third kappa shape index (κ3) is 3.42. The number of nitrogens with two attached hydrogens (primary N) is 1. The number of aromatic nitrogens is 1. The van der Waals surface area contributed by atoms with Crippen LogP contribution in [0.3, 0.4) is 0 Å². The molecule has 1 fully saturated rings. The van der Waals surface area contributed by atoms with Crippen molar-refractivity contribution in [1.82, 2.24) is 4.98 Å². The molecule has 0 radical (unpaired) electrons. The Bertz CT molecular complexity index is 520. The fourth-order valence-electron chi connectivity index (χ4n) is 2.93. The highest BCUT2D eigenvalue weighted by molar-refractivity contribution is 5.94. The molecule has 0 saturated carbocycles. The molecular weight excluding hydrogens is 264 g/mol. The predicted octanol–water partition coefficient (Wildman–Crippen LogP) is 1.91. The zero-order valence-electron chi connectivity index (χ0n) is 12.2. The first-order valence-electron chi connectivity index (χ1n) is 7.68. The summed E-state index contributed by atoms with van der Waals surface area (Å²) < 4.78 is 0. The summed E-state index contributed by atoms with van der Waals surface area (Å²) >= 11 is 0. The Morgan fingerprint density at radius 1 is 1.24 bits per heavy atom. The van der Waals surface area contributed by atoms with Crippen LogP contribution in [0, 0.1) is 5.92 Å². The standard InChI is InChI=1S/C16H22N4O/c17-13-5-4-12(10-13)16(21)19-14-6-7-15(18-11-14)20-8-2-1-3-9-20/h4-7,11-13H,1-3,8-10,17H2,(H,19,21). The van der Waals surface area contributed by atoms with Crippen LogP contribution in [0.15, 0.2) is 30.5 Å². The molecule has 21 heavy (non-hydrogen) atoms. The summed E-state index contributed by atoms with van der Waals surface area (Å²) in [6.07, 6.45) is 9.97. The molecule has 1 amide bonds. The van der Waals surface area contributed by atoms with Gasteiger partial charge in [0, 0.05) is 19.1 Å². The lowest BCUT2D eigenvalue weighted by molar-refractivity contribution is -0.118. The van der Waals surface area contributed by atoms with Crippen molar-refractivity contribution >= 4 is 17.4 Å². The number of amides is 1. The van der Waals surface area contributed by atoms with Crippen molar-refractivity contribution in [2.75, 3.05) is 23.3 Å². The van der Waals surface area contributed by atoms with E-state index in [0.717, 1.165) is 24.6 Å². The minimum atomic E-state index is -0.123. The predicted molar refractivity (Wildman–Crippen MR) is 84.2 cm³/mol. The smallest absolute Gasteiger partial charge is 0.231 e. The second kappa shape index (κ2) is 6.26. The van der Waals surface area contributed by atoms with E-state index in [1.807, 2.05) is 24.3 Å². The first-order valence-corrected chi connectivity index (χ1v) is 7.68. The number of rotatable bonds is 3. The lowest BCUT2D eigenvalue weighted by Gasteiger charge is -2.27. The summed E-state index contributed by atoms with van der Waals surface area (Å²) in [5.41, 5.74) is 6.52. The molecule has 0 spiro atoms. The minimum Gasteiger partial charge on any atom is -0.357 e. The molecule has 3 rings (SSSR count). The number of anilines is 2. The van der Waals surface area contributed by atoms with Gasteiger partial charge >= 0.3 is 0 Å². The van der Waals surface area contributed by atoms with Crippen LogP contribution in [0.25, 0.3) is 0 Å². The topological polar surface area (TPSA) is 71.2 Å². The summed E-state index contributed by atoms with van der Waals surface area (Å²) in [6.45, 7) is 2.15. The lowest BCUT2D eigenvalue weighted by atomic mass is 10.1. The van der Waals surface area contributed by atoms with Crippen LogP contribution >= 0.6 is 0 Å². The van der Waals surface area contributed by atoms with Crippen molar-refractivity contribution < 1.29 is 4.79 Å². The summed E-state index contributed by atoms with van der Waals surface area (Å²) in [5.74, 6) is 0.865. The van der Waals surface area contributed by atoms with Gasteiger partial charge in [0.1, 0.15) is 5.82 Å². The zero-order valence-corrected chi connectivity index (χ0v) is 12.2. The van der Waals surface area contributed by atoms with Crippen molar-refractivity contribution in [3.63, 3.8) is 0 Å². The first-order chi connectivity index (χ1) is 10.2. The maximum atomic E-state index is 12.1. The number of piperidine rings is 1. The summed E-state index contributed by atoms with van der Waals surface area (Å²) in [4.78, 5) is 18.9. The highest BCUT2D eigenvalue weighted by atomic mass is 16.1. The molecule has 112 valence electrons. The molecule has 1 aliphatic heterocycles. The molecule has 2 atom stereocenters. The van der Waals surface area contributed by atoms with E-state index in [9.17, 15) is 4.79 Å². The Balaban J connectivity index is 1.59. The summed E-state index contributed by atoms with van der Waals surface area (Å²) in [5, 5.41) is 2.91. The van der Waals surface area contributed by atoms with E-state index in [1.54, 1.807) is 6.20 Å². The van der Waals surface area contributed by atoms with Gasteiger partial charge < -0.3 is 16.0 Å². The monoisotopic (exact) mass is 286 g/mol. The van der Waals surface area contributed by atoms with Gasteiger partial charge in [-0.05, 0) is 37.8 Å². The van der Waals surface area contributed by atoms with E-state index >= 15 is 0 Å². The van der Waals surface area contributed by atoms with E-state index in [0.29, 0.717) is 6.42 Å². The molecule has 2 unspecified atom stereocenters. The highest BCUT2D eigenvalue weighted by Crippen LogP contribution is 2.21. The SMILES string of the molecule is NC1C=CC(C(=O)Nc2ccc(N3CCCCC3)nc2)C1. The Morgan fingerprint density at radius 2 is 2.05 bits per heavy atom. The van der Waals surface area contributed by atoms with Crippen molar-refractivity contribution in [1.29, 1.82) is 0 Å². The molecule has 3 N–H and O–H groups in total. The molecular formula is C16H22N4O. The van der Waals surface area contributed by atoms with Gasteiger partial charge in [-0.15, -0.1) is 0 Å². The van der Waals surface area contributed by atoms with Gasteiger partial charge in [-0.25, -0.2) is 4.98 Å². The van der Waals surface area contributed by atoms with Crippen LogP contribution in [0.1, 0.15) is 25.7 Å². The number of carbonyl (C=O) groups is 1. The zero-order chi connectivity index (χ0) is 14.7. The number of nitrogens with zero attached hydrogens (tertiary/aromatic N) is 2. The molecule has 1 aromatic heterocycles. The number of nitrogens with one attached hydrogen (secondary N) is 1. The summed E-state index contributed by atoms with van der Waals surface area (Å²) in [7, 11) is 0. The Labute approximate surface area is 125 Å². The molecule has 5 heteroatoms. The minimum absolute atomic E-state index is 0.000326. The van der Waals surface area contributed by atoms with E-state index < -0.39 is 0 Å². The van der Waals surface area contributed by atoms with Gasteiger partial charge in [-0.3, -0.25) is 4.79 Å². The third-order valence-electron chi connectivity index (χ3n) is 4.15. The van der Waals surface area contributed by atoms with Gasteiger partial charge in [0.05, 0.1) is 17.8 Å². The highest BCUT2D eigenvalue weighted by Gasteiger charge is 2.22.